The maximum Gasteiger partial charge on any atom is 0.387 e. The molecule has 0 aliphatic carbocycles. The van der Waals surface area contributed by atoms with Crippen molar-refractivity contribution in [2.45, 2.75) is 13.5 Å². The van der Waals surface area contributed by atoms with Crippen molar-refractivity contribution in [3.8, 4) is 17.1 Å². The topological polar surface area (TPSA) is 35.0 Å². The number of aromatic nitrogens is 2. The molecule has 0 N–H and O–H groups in total. The quantitative estimate of drug-likeness (QED) is 0.798. The van der Waals surface area contributed by atoms with Crippen LogP contribution < -0.4 is 4.74 Å². The smallest absolute Gasteiger partial charge is 0.387 e. The van der Waals surface area contributed by atoms with Crippen LogP contribution in [0.5, 0.6) is 5.75 Å². The summed E-state index contributed by atoms with van der Waals surface area (Å²) in [6.45, 7) is -1.04. The molecule has 1 aromatic heterocycles. The van der Waals surface area contributed by atoms with Gasteiger partial charge >= 0.3 is 6.61 Å². The molecule has 2 aromatic rings. The number of hydrogen-bond acceptors (Lipinski definition) is 3. The molecule has 0 saturated carbocycles. The minimum Gasteiger partial charge on any atom is -0.435 e. The van der Waals surface area contributed by atoms with E-state index in [1.807, 2.05) is 0 Å². The number of benzene rings is 1. The largest absolute Gasteiger partial charge is 0.435 e. The van der Waals surface area contributed by atoms with E-state index in [0.29, 0.717) is 16.5 Å². The van der Waals surface area contributed by atoms with Gasteiger partial charge in [-0.25, -0.2) is 9.97 Å². The van der Waals surface area contributed by atoms with Crippen LogP contribution in [-0.4, -0.2) is 16.6 Å². The molecule has 0 spiro atoms. The molecule has 6 heteroatoms. The second-order valence-electron chi connectivity index (χ2n) is 3.56. The van der Waals surface area contributed by atoms with Crippen LogP contribution in [0.2, 0.25) is 5.15 Å². The van der Waals surface area contributed by atoms with Crippen molar-refractivity contribution in [2.24, 2.45) is 0 Å². The van der Waals surface area contributed by atoms with Crippen LogP contribution >= 0.6 is 11.6 Å². The molecule has 0 amide bonds. The molecule has 0 fully saturated rings. The third kappa shape index (κ3) is 3.13. The standard InChI is InChI=1S/C12H9ClF2N2O/c1-7-6-10(13)17-11(16-7)8-2-4-9(5-3-8)18-12(14)15/h2-6,12H,1H3. The van der Waals surface area contributed by atoms with Gasteiger partial charge in [-0.15, -0.1) is 0 Å². The SMILES string of the molecule is Cc1cc(Cl)nc(-c2ccc(OC(F)F)cc2)n1. The molecule has 1 heterocycles. The normalized spacial score (nSPS) is 10.7. The third-order valence-electron chi connectivity index (χ3n) is 2.16. The van der Waals surface area contributed by atoms with E-state index in [4.69, 9.17) is 11.6 Å². The molecular weight excluding hydrogens is 262 g/mol. The van der Waals surface area contributed by atoms with Gasteiger partial charge in [0.1, 0.15) is 10.9 Å². The van der Waals surface area contributed by atoms with Gasteiger partial charge in [0.15, 0.2) is 5.82 Å². The van der Waals surface area contributed by atoms with Crippen molar-refractivity contribution in [1.82, 2.24) is 9.97 Å². The number of rotatable bonds is 3. The van der Waals surface area contributed by atoms with E-state index in [0.717, 1.165) is 5.69 Å². The molecule has 94 valence electrons. The zero-order valence-corrected chi connectivity index (χ0v) is 10.2. The Morgan fingerprint density at radius 1 is 1.17 bits per heavy atom. The summed E-state index contributed by atoms with van der Waals surface area (Å²) in [6, 6.07) is 7.70. The van der Waals surface area contributed by atoms with Crippen molar-refractivity contribution >= 4 is 11.6 Å². The van der Waals surface area contributed by atoms with Gasteiger partial charge in [0.05, 0.1) is 0 Å². The molecule has 0 radical (unpaired) electrons. The lowest BCUT2D eigenvalue weighted by molar-refractivity contribution is -0.0498. The van der Waals surface area contributed by atoms with Crippen molar-refractivity contribution in [2.75, 3.05) is 0 Å². The first-order valence-electron chi connectivity index (χ1n) is 5.11. The van der Waals surface area contributed by atoms with Crippen LogP contribution in [0.15, 0.2) is 30.3 Å². The lowest BCUT2D eigenvalue weighted by Gasteiger charge is -2.06. The molecule has 3 nitrogen and oxygen atoms in total. The minimum absolute atomic E-state index is 0.0903. The summed E-state index contributed by atoms with van der Waals surface area (Å²) in [4.78, 5) is 8.27. The Morgan fingerprint density at radius 2 is 1.83 bits per heavy atom. The van der Waals surface area contributed by atoms with E-state index in [2.05, 4.69) is 14.7 Å². The van der Waals surface area contributed by atoms with Gasteiger partial charge in [0.2, 0.25) is 0 Å². The van der Waals surface area contributed by atoms with Crippen molar-refractivity contribution < 1.29 is 13.5 Å². The molecule has 0 atom stereocenters. The summed E-state index contributed by atoms with van der Waals surface area (Å²) >= 11 is 5.83. The Labute approximate surface area is 107 Å². The molecule has 1 aromatic carbocycles. The van der Waals surface area contributed by atoms with Crippen molar-refractivity contribution in [3.63, 3.8) is 0 Å². The molecule has 0 unspecified atom stereocenters. The Hall–Kier alpha value is -1.75. The number of aryl methyl sites for hydroxylation is 1. The molecule has 0 bridgehead atoms. The lowest BCUT2D eigenvalue weighted by Crippen LogP contribution is -2.01. The van der Waals surface area contributed by atoms with Crippen LogP contribution in [0.3, 0.4) is 0 Å². The first-order valence-corrected chi connectivity index (χ1v) is 5.49. The van der Waals surface area contributed by atoms with Gasteiger partial charge in [-0.2, -0.15) is 8.78 Å². The average Bonchev–Trinajstić information content (AvgIpc) is 2.27. The van der Waals surface area contributed by atoms with Gasteiger partial charge < -0.3 is 4.74 Å². The summed E-state index contributed by atoms with van der Waals surface area (Å²) in [5, 5.41) is 0.338. The van der Waals surface area contributed by atoms with Gasteiger partial charge in [-0.05, 0) is 37.3 Å². The Morgan fingerprint density at radius 3 is 2.39 bits per heavy atom. The van der Waals surface area contributed by atoms with Crippen molar-refractivity contribution in [1.29, 1.82) is 0 Å². The van der Waals surface area contributed by atoms with E-state index in [1.54, 1.807) is 25.1 Å². The van der Waals surface area contributed by atoms with Crippen LogP contribution in [0.1, 0.15) is 5.69 Å². The van der Waals surface area contributed by atoms with E-state index in [-0.39, 0.29) is 5.75 Å². The fourth-order valence-electron chi connectivity index (χ4n) is 1.44. The van der Waals surface area contributed by atoms with Gasteiger partial charge in [0, 0.05) is 11.3 Å². The highest BCUT2D eigenvalue weighted by atomic mass is 35.5. The molecule has 0 aliphatic heterocycles. The predicted molar refractivity (Wildman–Crippen MR) is 63.8 cm³/mol. The number of halogens is 3. The fraction of sp³-hybridized carbons (Fsp3) is 0.167. The van der Waals surface area contributed by atoms with Crippen LogP contribution in [-0.2, 0) is 0 Å². The highest BCUT2D eigenvalue weighted by molar-refractivity contribution is 6.29. The average molecular weight is 271 g/mol. The van der Waals surface area contributed by atoms with Gasteiger partial charge in [-0.3, -0.25) is 0 Å². The first-order chi connectivity index (χ1) is 8.54. The molecule has 2 rings (SSSR count). The summed E-state index contributed by atoms with van der Waals surface area (Å²) < 4.78 is 28.2. The second kappa shape index (κ2) is 5.27. The van der Waals surface area contributed by atoms with Crippen LogP contribution in [0.4, 0.5) is 8.78 Å². The second-order valence-corrected chi connectivity index (χ2v) is 3.95. The number of ether oxygens (including phenoxy) is 1. The summed E-state index contributed by atoms with van der Waals surface area (Å²) in [5.74, 6) is 0.538. The lowest BCUT2D eigenvalue weighted by atomic mass is 10.2. The number of hydrogen-bond donors (Lipinski definition) is 0. The van der Waals surface area contributed by atoms with Crippen LogP contribution in [0.25, 0.3) is 11.4 Å². The van der Waals surface area contributed by atoms with Gasteiger partial charge in [0.25, 0.3) is 0 Å². The molecule has 0 saturated heterocycles. The summed E-state index contributed by atoms with van der Waals surface area (Å²) in [6.07, 6.45) is 0. The third-order valence-corrected chi connectivity index (χ3v) is 2.35. The van der Waals surface area contributed by atoms with E-state index < -0.39 is 6.61 Å². The maximum absolute atomic E-state index is 12.0. The van der Waals surface area contributed by atoms with E-state index in [9.17, 15) is 8.78 Å². The maximum atomic E-state index is 12.0. The first kappa shape index (κ1) is 12.7. The molecular formula is C12H9ClF2N2O. The summed E-state index contributed by atoms with van der Waals surface area (Å²) in [5.41, 5.74) is 1.42. The Balaban J connectivity index is 2.28. The highest BCUT2D eigenvalue weighted by Crippen LogP contribution is 2.22. The van der Waals surface area contributed by atoms with Crippen molar-refractivity contribution in [3.05, 3.63) is 41.2 Å². The predicted octanol–water partition coefficient (Wildman–Crippen LogP) is 3.71. The minimum atomic E-state index is -2.83. The molecule has 18 heavy (non-hydrogen) atoms. The summed E-state index contributed by atoms with van der Waals surface area (Å²) in [7, 11) is 0. The monoisotopic (exact) mass is 270 g/mol. The fourth-order valence-corrected chi connectivity index (χ4v) is 1.68. The highest BCUT2D eigenvalue weighted by Gasteiger charge is 2.07. The number of alkyl halides is 2. The zero-order valence-electron chi connectivity index (χ0n) is 9.40. The molecule has 0 aliphatic rings. The van der Waals surface area contributed by atoms with E-state index >= 15 is 0 Å². The van der Waals surface area contributed by atoms with Crippen LogP contribution in [0, 0.1) is 6.92 Å². The number of nitrogens with zero attached hydrogens (tertiary/aromatic N) is 2. The Bertz CT molecular complexity index is 526. The van der Waals surface area contributed by atoms with E-state index in [1.165, 1.54) is 12.1 Å². The van der Waals surface area contributed by atoms with Gasteiger partial charge in [-0.1, -0.05) is 11.6 Å². The Kier molecular flexibility index (Phi) is 3.72. The zero-order chi connectivity index (χ0) is 13.1.